The van der Waals surface area contributed by atoms with Gasteiger partial charge >= 0.3 is 6.03 Å². The Morgan fingerprint density at radius 3 is 2.82 bits per heavy atom. The van der Waals surface area contributed by atoms with Crippen molar-refractivity contribution < 1.29 is 9.59 Å². The molecule has 2 N–H and O–H groups in total. The molecule has 0 bridgehead atoms. The van der Waals surface area contributed by atoms with Gasteiger partial charge < -0.3 is 15.5 Å². The number of rotatable bonds is 6. The summed E-state index contributed by atoms with van der Waals surface area (Å²) >= 11 is 0. The lowest BCUT2D eigenvalue weighted by molar-refractivity contribution is -0.125. The van der Waals surface area contributed by atoms with Gasteiger partial charge in [0.25, 0.3) is 0 Å². The van der Waals surface area contributed by atoms with Gasteiger partial charge in [0.05, 0.1) is 0 Å². The van der Waals surface area contributed by atoms with E-state index < -0.39 is 0 Å². The van der Waals surface area contributed by atoms with E-state index in [1.807, 2.05) is 50.2 Å². The van der Waals surface area contributed by atoms with E-state index in [0.29, 0.717) is 26.2 Å². The number of amides is 3. The molecule has 1 heterocycles. The Hall–Kier alpha value is -2.08. The van der Waals surface area contributed by atoms with Crippen LogP contribution in [0.3, 0.4) is 0 Å². The van der Waals surface area contributed by atoms with Gasteiger partial charge in [-0.2, -0.15) is 0 Å². The van der Waals surface area contributed by atoms with Crippen LogP contribution in [0.4, 0.5) is 4.79 Å². The van der Waals surface area contributed by atoms with Crippen molar-refractivity contribution >= 4 is 11.9 Å². The van der Waals surface area contributed by atoms with Gasteiger partial charge in [-0.15, -0.1) is 0 Å². The van der Waals surface area contributed by atoms with Crippen LogP contribution in [0, 0.1) is 6.92 Å². The molecule has 3 amide bonds. The lowest BCUT2D eigenvalue weighted by Crippen LogP contribution is -2.41. The van der Waals surface area contributed by atoms with Gasteiger partial charge in [0, 0.05) is 26.2 Å². The highest BCUT2D eigenvalue weighted by atomic mass is 16.2. The second kappa shape index (κ2) is 7.26. The second-order valence-electron chi connectivity index (χ2n) is 5.79. The molecule has 6 nitrogen and oxygen atoms in total. The van der Waals surface area contributed by atoms with E-state index in [-0.39, 0.29) is 18.0 Å². The summed E-state index contributed by atoms with van der Waals surface area (Å²) in [5.41, 5.74) is 2.10. The van der Waals surface area contributed by atoms with Gasteiger partial charge in [-0.25, -0.2) is 4.79 Å². The third kappa shape index (κ3) is 3.98. The molecule has 120 valence electrons. The number of urea groups is 1. The van der Waals surface area contributed by atoms with E-state index in [2.05, 4.69) is 10.6 Å². The van der Waals surface area contributed by atoms with Crippen molar-refractivity contribution in [1.82, 2.24) is 20.4 Å². The summed E-state index contributed by atoms with van der Waals surface area (Å²) in [6.07, 6.45) is 0. The quantitative estimate of drug-likeness (QED) is 0.815. The zero-order chi connectivity index (χ0) is 16.1. The molecule has 1 fully saturated rings. The van der Waals surface area contributed by atoms with Crippen LogP contribution in [0.1, 0.15) is 17.2 Å². The van der Waals surface area contributed by atoms with Crippen molar-refractivity contribution in [3.8, 4) is 0 Å². The van der Waals surface area contributed by atoms with Gasteiger partial charge in [-0.05, 0) is 26.6 Å². The number of carbonyl (C=O) groups is 2. The maximum atomic E-state index is 12.5. The van der Waals surface area contributed by atoms with Crippen molar-refractivity contribution in [2.45, 2.75) is 13.0 Å². The highest BCUT2D eigenvalue weighted by Crippen LogP contribution is 2.19. The monoisotopic (exact) mass is 304 g/mol. The zero-order valence-electron chi connectivity index (χ0n) is 13.4. The summed E-state index contributed by atoms with van der Waals surface area (Å²) in [6.45, 7) is 4.38. The van der Waals surface area contributed by atoms with Crippen LogP contribution < -0.4 is 10.6 Å². The van der Waals surface area contributed by atoms with Crippen molar-refractivity contribution in [2.75, 3.05) is 40.3 Å². The Balaban J connectivity index is 1.94. The average Bonchev–Trinajstić information content (AvgIpc) is 2.84. The molecule has 0 aromatic heterocycles. The molecular weight excluding hydrogens is 280 g/mol. The second-order valence-corrected chi connectivity index (χ2v) is 5.79. The van der Waals surface area contributed by atoms with Gasteiger partial charge in [-0.1, -0.05) is 29.8 Å². The lowest BCUT2D eigenvalue weighted by Gasteiger charge is -2.24. The first-order valence-electron chi connectivity index (χ1n) is 7.52. The molecule has 1 aromatic rings. The van der Waals surface area contributed by atoms with E-state index in [1.165, 1.54) is 0 Å². The predicted molar refractivity (Wildman–Crippen MR) is 85.6 cm³/mol. The van der Waals surface area contributed by atoms with E-state index in [1.54, 1.807) is 4.90 Å². The van der Waals surface area contributed by atoms with Crippen molar-refractivity contribution in [3.63, 3.8) is 0 Å². The van der Waals surface area contributed by atoms with Gasteiger partial charge in [0.2, 0.25) is 5.91 Å². The molecule has 0 aliphatic carbocycles. The largest absolute Gasteiger partial charge is 0.353 e. The van der Waals surface area contributed by atoms with Crippen molar-refractivity contribution in [1.29, 1.82) is 0 Å². The van der Waals surface area contributed by atoms with Crippen LogP contribution in [0.25, 0.3) is 0 Å². The first-order chi connectivity index (χ1) is 10.5. The molecule has 1 atom stereocenters. The number of hydrogen-bond acceptors (Lipinski definition) is 3. The molecule has 1 saturated heterocycles. The fourth-order valence-electron chi connectivity index (χ4n) is 2.66. The van der Waals surface area contributed by atoms with Crippen LogP contribution in [0.2, 0.25) is 0 Å². The van der Waals surface area contributed by atoms with Crippen LogP contribution in [0.15, 0.2) is 24.3 Å². The topological polar surface area (TPSA) is 64.7 Å². The third-order valence-corrected chi connectivity index (χ3v) is 3.75. The molecule has 1 aromatic carbocycles. The fraction of sp³-hybridized carbons (Fsp3) is 0.500. The van der Waals surface area contributed by atoms with Gasteiger partial charge in [0.1, 0.15) is 6.04 Å². The number of hydrogen-bond donors (Lipinski definition) is 2. The van der Waals surface area contributed by atoms with Crippen molar-refractivity contribution in [2.24, 2.45) is 0 Å². The Bertz CT molecular complexity index is 545. The Kier molecular flexibility index (Phi) is 5.38. The smallest absolute Gasteiger partial charge is 0.317 e. The summed E-state index contributed by atoms with van der Waals surface area (Å²) in [6, 6.07) is 7.58. The van der Waals surface area contributed by atoms with E-state index in [9.17, 15) is 9.59 Å². The average molecular weight is 304 g/mol. The lowest BCUT2D eigenvalue weighted by atomic mass is 10.0. The SMILES string of the molecule is Cc1cccc([C@H](C(=O)NCCN2CCNC2=O)N(C)C)c1. The molecule has 0 radical (unpaired) electrons. The molecule has 0 unspecified atom stereocenters. The van der Waals surface area contributed by atoms with Crippen LogP contribution in [-0.2, 0) is 4.79 Å². The summed E-state index contributed by atoms with van der Waals surface area (Å²) in [7, 11) is 3.78. The first-order valence-corrected chi connectivity index (χ1v) is 7.52. The number of nitrogens with one attached hydrogen (secondary N) is 2. The van der Waals surface area contributed by atoms with E-state index >= 15 is 0 Å². The fourth-order valence-corrected chi connectivity index (χ4v) is 2.66. The predicted octanol–water partition coefficient (Wildman–Crippen LogP) is 0.739. The van der Waals surface area contributed by atoms with Gasteiger partial charge in [0.15, 0.2) is 0 Å². The normalized spacial score (nSPS) is 15.8. The van der Waals surface area contributed by atoms with E-state index in [4.69, 9.17) is 0 Å². The van der Waals surface area contributed by atoms with Crippen molar-refractivity contribution in [3.05, 3.63) is 35.4 Å². The molecule has 2 rings (SSSR count). The summed E-state index contributed by atoms with van der Waals surface area (Å²) < 4.78 is 0. The summed E-state index contributed by atoms with van der Waals surface area (Å²) in [5, 5.41) is 5.67. The Labute approximate surface area is 131 Å². The first kappa shape index (κ1) is 16.3. The summed E-state index contributed by atoms with van der Waals surface area (Å²) in [4.78, 5) is 27.5. The highest BCUT2D eigenvalue weighted by molar-refractivity contribution is 5.83. The van der Waals surface area contributed by atoms with E-state index in [0.717, 1.165) is 11.1 Å². The highest BCUT2D eigenvalue weighted by Gasteiger charge is 2.24. The molecule has 0 spiro atoms. The Morgan fingerprint density at radius 1 is 1.45 bits per heavy atom. The number of likely N-dealkylation sites (N-methyl/N-ethyl adjacent to an activating group) is 1. The minimum absolute atomic E-state index is 0.0461. The standard InChI is InChI=1S/C16H24N4O2/c1-12-5-4-6-13(11-12)14(19(2)3)15(21)17-7-9-20-10-8-18-16(20)22/h4-6,11,14H,7-10H2,1-3H3,(H,17,21)(H,18,22)/t14-/m1/s1. The molecule has 0 saturated carbocycles. The van der Waals surface area contributed by atoms with Crippen LogP contribution >= 0.6 is 0 Å². The molecule has 22 heavy (non-hydrogen) atoms. The maximum absolute atomic E-state index is 12.5. The molecule has 6 heteroatoms. The van der Waals surface area contributed by atoms with Crippen LogP contribution in [-0.4, -0.2) is 62.0 Å². The zero-order valence-corrected chi connectivity index (χ0v) is 13.4. The molecular formula is C16H24N4O2. The minimum atomic E-state index is -0.327. The third-order valence-electron chi connectivity index (χ3n) is 3.75. The molecule has 1 aliphatic rings. The number of nitrogens with zero attached hydrogens (tertiary/aromatic N) is 2. The number of benzene rings is 1. The minimum Gasteiger partial charge on any atom is -0.353 e. The summed E-state index contributed by atoms with van der Waals surface area (Å²) in [5.74, 6) is -0.0461. The number of carbonyl (C=O) groups excluding carboxylic acids is 2. The van der Waals surface area contributed by atoms with Crippen LogP contribution in [0.5, 0.6) is 0 Å². The van der Waals surface area contributed by atoms with Gasteiger partial charge in [-0.3, -0.25) is 9.69 Å². The molecule has 1 aliphatic heterocycles. The number of aryl methyl sites for hydroxylation is 1. The maximum Gasteiger partial charge on any atom is 0.317 e. The Morgan fingerprint density at radius 2 is 2.23 bits per heavy atom.